The summed E-state index contributed by atoms with van der Waals surface area (Å²) in [4.78, 5) is 8.52. The van der Waals surface area contributed by atoms with Crippen molar-refractivity contribution in [1.29, 1.82) is 5.41 Å². The zero-order chi connectivity index (χ0) is 10.8. The van der Waals surface area contributed by atoms with Crippen molar-refractivity contribution in [3.8, 4) is 5.88 Å². The highest BCUT2D eigenvalue weighted by Gasteiger charge is 2.27. The monoisotopic (exact) mass is 206 g/mol. The van der Waals surface area contributed by atoms with E-state index in [0.29, 0.717) is 24.1 Å². The van der Waals surface area contributed by atoms with Crippen LogP contribution in [0.25, 0.3) is 0 Å². The van der Waals surface area contributed by atoms with Crippen LogP contribution >= 0.6 is 0 Å². The first kappa shape index (κ1) is 9.89. The number of amidine groups is 1. The van der Waals surface area contributed by atoms with Crippen LogP contribution in [-0.4, -0.2) is 22.4 Å². The van der Waals surface area contributed by atoms with E-state index in [1.807, 2.05) is 6.92 Å². The van der Waals surface area contributed by atoms with Gasteiger partial charge in [-0.05, 0) is 19.8 Å². The third-order valence-electron chi connectivity index (χ3n) is 2.23. The summed E-state index contributed by atoms with van der Waals surface area (Å²) < 4.78 is 5.31. The zero-order valence-corrected chi connectivity index (χ0v) is 8.66. The van der Waals surface area contributed by atoms with E-state index in [0.717, 1.165) is 18.7 Å². The first-order chi connectivity index (χ1) is 7.20. The van der Waals surface area contributed by atoms with Gasteiger partial charge in [0.2, 0.25) is 5.88 Å². The standard InChI is InChI=1S/C10H14N4O/c1-2-15-8-5-7(9(11)12)13-10(14-8)6-3-4-6/h5-6H,2-4H2,1H3,(H3,11,12). The van der Waals surface area contributed by atoms with E-state index in [9.17, 15) is 0 Å². The third kappa shape index (κ3) is 2.23. The number of nitrogen functional groups attached to an aromatic ring is 1. The molecule has 80 valence electrons. The van der Waals surface area contributed by atoms with Crippen LogP contribution in [0.15, 0.2) is 6.07 Å². The van der Waals surface area contributed by atoms with Crippen molar-refractivity contribution in [2.45, 2.75) is 25.7 Å². The molecule has 1 fully saturated rings. The Morgan fingerprint density at radius 3 is 2.87 bits per heavy atom. The van der Waals surface area contributed by atoms with Gasteiger partial charge < -0.3 is 10.5 Å². The van der Waals surface area contributed by atoms with Crippen LogP contribution in [0.3, 0.4) is 0 Å². The van der Waals surface area contributed by atoms with Crippen LogP contribution in [0.2, 0.25) is 0 Å². The van der Waals surface area contributed by atoms with Gasteiger partial charge in [0.15, 0.2) is 0 Å². The van der Waals surface area contributed by atoms with Gasteiger partial charge in [0.1, 0.15) is 17.4 Å². The zero-order valence-electron chi connectivity index (χ0n) is 8.66. The second-order valence-electron chi connectivity index (χ2n) is 3.57. The van der Waals surface area contributed by atoms with Gasteiger partial charge in [0.05, 0.1) is 6.61 Å². The molecular weight excluding hydrogens is 192 g/mol. The molecule has 5 nitrogen and oxygen atoms in total. The molecule has 1 aromatic heterocycles. The van der Waals surface area contributed by atoms with Crippen molar-refractivity contribution < 1.29 is 4.74 Å². The molecule has 2 rings (SSSR count). The van der Waals surface area contributed by atoms with E-state index in [1.54, 1.807) is 6.07 Å². The lowest BCUT2D eigenvalue weighted by Gasteiger charge is -2.06. The first-order valence-electron chi connectivity index (χ1n) is 5.07. The predicted octanol–water partition coefficient (Wildman–Crippen LogP) is 1.04. The van der Waals surface area contributed by atoms with Crippen molar-refractivity contribution >= 4 is 5.84 Å². The van der Waals surface area contributed by atoms with Crippen molar-refractivity contribution in [3.63, 3.8) is 0 Å². The Morgan fingerprint density at radius 2 is 2.33 bits per heavy atom. The number of hydrogen-bond donors (Lipinski definition) is 2. The van der Waals surface area contributed by atoms with E-state index < -0.39 is 0 Å². The Hall–Kier alpha value is -1.65. The Morgan fingerprint density at radius 1 is 1.60 bits per heavy atom. The van der Waals surface area contributed by atoms with E-state index in [2.05, 4.69) is 9.97 Å². The summed E-state index contributed by atoms with van der Waals surface area (Å²) in [6.07, 6.45) is 2.24. The number of nitrogens with one attached hydrogen (secondary N) is 1. The summed E-state index contributed by atoms with van der Waals surface area (Å²) in [6, 6.07) is 1.61. The highest BCUT2D eigenvalue weighted by Crippen LogP contribution is 2.38. The van der Waals surface area contributed by atoms with Gasteiger partial charge in [0, 0.05) is 12.0 Å². The van der Waals surface area contributed by atoms with Gasteiger partial charge in [-0.15, -0.1) is 0 Å². The molecule has 0 bridgehead atoms. The molecular formula is C10H14N4O. The highest BCUT2D eigenvalue weighted by atomic mass is 16.5. The fourth-order valence-electron chi connectivity index (χ4n) is 1.33. The Kier molecular flexibility index (Phi) is 2.53. The molecule has 3 N–H and O–H groups in total. The molecule has 1 aliphatic carbocycles. The summed E-state index contributed by atoms with van der Waals surface area (Å²) in [7, 11) is 0. The fraction of sp³-hybridized carbons (Fsp3) is 0.500. The van der Waals surface area contributed by atoms with Gasteiger partial charge in [-0.1, -0.05) is 0 Å². The smallest absolute Gasteiger partial charge is 0.217 e. The second kappa shape index (κ2) is 3.84. The molecule has 1 aliphatic rings. The SMILES string of the molecule is CCOc1cc(C(=N)N)nc(C2CC2)n1. The summed E-state index contributed by atoms with van der Waals surface area (Å²) in [5.41, 5.74) is 5.86. The number of nitrogens with zero attached hydrogens (tertiary/aromatic N) is 2. The predicted molar refractivity (Wildman–Crippen MR) is 56.2 cm³/mol. The maximum absolute atomic E-state index is 7.35. The average Bonchev–Trinajstić information content (AvgIpc) is 3.01. The van der Waals surface area contributed by atoms with Gasteiger partial charge in [0.25, 0.3) is 0 Å². The molecule has 0 saturated heterocycles. The molecule has 15 heavy (non-hydrogen) atoms. The lowest BCUT2D eigenvalue weighted by Crippen LogP contribution is -2.15. The van der Waals surface area contributed by atoms with Crippen molar-refractivity contribution in [3.05, 3.63) is 17.6 Å². The van der Waals surface area contributed by atoms with Crippen LogP contribution < -0.4 is 10.5 Å². The van der Waals surface area contributed by atoms with Crippen LogP contribution in [0.4, 0.5) is 0 Å². The summed E-state index contributed by atoms with van der Waals surface area (Å²) in [5.74, 6) is 1.66. The van der Waals surface area contributed by atoms with E-state index in [1.165, 1.54) is 0 Å². The van der Waals surface area contributed by atoms with Crippen LogP contribution in [-0.2, 0) is 0 Å². The normalized spacial score (nSPS) is 15.0. The largest absolute Gasteiger partial charge is 0.478 e. The minimum absolute atomic E-state index is 0.0414. The maximum atomic E-state index is 7.35. The lowest BCUT2D eigenvalue weighted by molar-refractivity contribution is 0.324. The Bertz CT molecular complexity index is 387. The third-order valence-corrected chi connectivity index (χ3v) is 2.23. The van der Waals surface area contributed by atoms with Gasteiger partial charge in [-0.2, -0.15) is 4.98 Å². The fourth-order valence-corrected chi connectivity index (χ4v) is 1.33. The highest BCUT2D eigenvalue weighted by molar-refractivity contribution is 5.93. The van der Waals surface area contributed by atoms with E-state index in [4.69, 9.17) is 15.9 Å². The Balaban J connectivity index is 2.34. The molecule has 0 spiro atoms. The van der Waals surface area contributed by atoms with Crippen LogP contribution in [0.5, 0.6) is 5.88 Å². The maximum Gasteiger partial charge on any atom is 0.217 e. The molecule has 1 aromatic rings. The van der Waals surface area contributed by atoms with E-state index >= 15 is 0 Å². The molecule has 0 radical (unpaired) electrons. The molecule has 0 amide bonds. The number of rotatable bonds is 4. The first-order valence-corrected chi connectivity index (χ1v) is 5.07. The number of hydrogen-bond acceptors (Lipinski definition) is 4. The molecule has 1 saturated carbocycles. The van der Waals surface area contributed by atoms with Crippen molar-refractivity contribution in [2.24, 2.45) is 5.73 Å². The molecule has 0 unspecified atom stereocenters. The van der Waals surface area contributed by atoms with Crippen molar-refractivity contribution in [2.75, 3.05) is 6.61 Å². The molecule has 0 aromatic carbocycles. The lowest BCUT2D eigenvalue weighted by atomic mass is 10.3. The van der Waals surface area contributed by atoms with Crippen LogP contribution in [0, 0.1) is 5.41 Å². The second-order valence-corrected chi connectivity index (χ2v) is 3.57. The summed E-state index contributed by atoms with van der Waals surface area (Å²) >= 11 is 0. The molecule has 1 heterocycles. The van der Waals surface area contributed by atoms with Crippen LogP contribution in [0.1, 0.15) is 37.2 Å². The van der Waals surface area contributed by atoms with E-state index in [-0.39, 0.29) is 5.84 Å². The summed E-state index contributed by atoms with van der Waals surface area (Å²) in [6.45, 7) is 2.45. The molecule has 5 heteroatoms. The Labute approximate surface area is 88.2 Å². The minimum Gasteiger partial charge on any atom is -0.478 e. The van der Waals surface area contributed by atoms with Gasteiger partial charge in [-0.3, -0.25) is 5.41 Å². The quantitative estimate of drug-likeness (QED) is 0.569. The van der Waals surface area contributed by atoms with Crippen molar-refractivity contribution in [1.82, 2.24) is 9.97 Å². The number of ether oxygens (including phenoxy) is 1. The average molecular weight is 206 g/mol. The summed E-state index contributed by atoms with van der Waals surface area (Å²) in [5, 5.41) is 7.35. The minimum atomic E-state index is -0.0414. The van der Waals surface area contributed by atoms with Gasteiger partial charge >= 0.3 is 0 Å². The molecule has 0 aliphatic heterocycles. The topological polar surface area (TPSA) is 84.9 Å². The molecule has 0 atom stereocenters. The number of aromatic nitrogens is 2. The van der Waals surface area contributed by atoms with Gasteiger partial charge in [-0.25, -0.2) is 4.98 Å². The number of nitrogens with two attached hydrogens (primary N) is 1.